The molecule has 2 aromatic heterocycles. The van der Waals surface area contributed by atoms with E-state index in [1.54, 1.807) is 31.5 Å². The summed E-state index contributed by atoms with van der Waals surface area (Å²) < 4.78 is 42.3. The molecule has 0 bridgehead atoms. The van der Waals surface area contributed by atoms with Crippen molar-refractivity contribution >= 4 is 27.6 Å². The van der Waals surface area contributed by atoms with Gasteiger partial charge >= 0.3 is 5.97 Å². The third-order valence-electron chi connectivity index (χ3n) is 8.72. The predicted molar refractivity (Wildman–Crippen MR) is 188 cm³/mol. The average Bonchev–Trinajstić information content (AvgIpc) is 3.11. The summed E-state index contributed by atoms with van der Waals surface area (Å²) >= 11 is 0. The molecule has 5 aromatic rings. The van der Waals surface area contributed by atoms with E-state index in [0.717, 1.165) is 38.5 Å². The second-order valence-electron chi connectivity index (χ2n) is 12.2. The highest BCUT2D eigenvalue weighted by Gasteiger charge is 2.34. The molecule has 0 N–H and O–H groups in total. The molecule has 4 heterocycles. The number of aromatic nitrogens is 2. The number of pyridine rings is 2. The highest BCUT2D eigenvalue weighted by atomic mass is 32.2. The number of ether oxygens (including phenoxy) is 2. The Bertz CT molecular complexity index is 2280. The van der Waals surface area contributed by atoms with E-state index in [1.165, 1.54) is 4.31 Å². The van der Waals surface area contributed by atoms with Gasteiger partial charge in [0, 0.05) is 65.1 Å². The van der Waals surface area contributed by atoms with Gasteiger partial charge < -0.3 is 9.47 Å². The van der Waals surface area contributed by atoms with Gasteiger partial charge in [-0.05, 0) is 85.2 Å². The van der Waals surface area contributed by atoms with Gasteiger partial charge in [-0.25, -0.2) is 13.2 Å². The van der Waals surface area contributed by atoms with Gasteiger partial charge in [0.15, 0.2) is 0 Å². The van der Waals surface area contributed by atoms with Crippen LogP contribution in [0, 0.1) is 0 Å². The van der Waals surface area contributed by atoms with Crippen molar-refractivity contribution in [1.82, 2.24) is 14.3 Å². The smallest absolute Gasteiger partial charge is 0.333 e. The topological polar surface area (TPSA) is 98.7 Å². The van der Waals surface area contributed by atoms with E-state index in [1.807, 2.05) is 91.0 Å². The minimum atomic E-state index is -3.92. The number of nitrogens with zero attached hydrogens (tertiary/aromatic N) is 3. The van der Waals surface area contributed by atoms with Crippen molar-refractivity contribution in [2.45, 2.75) is 37.2 Å². The summed E-state index contributed by atoms with van der Waals surface area (Å²) in [5.74, 6) is 0.802. The van der Waals surface area contributed by atoms with Crippen LogP contribution in [0.2, 0.25) is 0 Å². The van der Waals surface area contributed by atoms with Crippen molar-refractivity contribution in [3.05, 3.63) is 160 Å². The molecule has 0 saturated carbocycles. The molecule has 1 fully saturated rings. The average molecular weight is 670 g/mol. The summed E-state index contributed by atoms with van der Waals surface area (Å²) in [6.45, 7) is 5.72. The molecule has 8 nitrogen and oxygen atoms in total. The van der Waals surface area contributed by atoms with E-state index in [9.17, 15) is 13.2 Å². The van der Waals surface area contributed by atoms with E-state index in [2.05, 4.69) is 16.5 Å². The van der Waals surface area contributed by atoms with E-state index in [4.69, 9.17) is 9.47 Å². The lowest BCUT2D eigenvalue weighted by Gasteiger charge is -2.32. The second kappa shape index (κ2) is 13.6. The second-order valence-corrected chi connectivity index (χ2v) is 14.2. The third-order valence-corrected chi connectivity index (χ3v) is 10.7. The number of piperidine rings is 1. The van der Waals surface area contributed by atoms with Crippen molar-refractivity contribution in [2.24, 2.45) is 0 Å². The fraction of sp³-hybridized carbons (Fsp3) is 0.175. The Morgan fingerprint density at radius 1 is 0.898 bits per heavy atom. The fourth-order valence-electron chi connectivity index (χ4n) is 6.26. The standard InChI is InChI=1S/C40H35N3O5S/c1-27(2)40(44)47-32-17-21-43(22-18-32)49(45,46)38-12-4-3-11-35(38)39-33-15-13-28(23-30-9-5-7-19-41-30)25-36(33)48-37-26-29(14-16-34(37)39)24-31-10-6-8-20-42-31/h3-16,19-20,23,25-26,32H,1,17-18,21-22,24H2,2H3/b28-23+. The van der Waals surface area contributed by atoms with Crippen molar-refractivity contribution in [3.8, 4) is 11.5 Å². The van der Waals surface area contributed by atoms with Crippen LogP contribution in [-0.4, -0.2) is 47.9 Å². The number of fused-ring (bicyclic) bond motifs is 2. The minimum Gasteiger partial charge on any atom is -0.459 e. The maximum absolute atomic E-state index is 14.4. The summed E-state index contributed by atoms with van der Waals surface area (Å²) in [5, 5.41) is 1.69. The quantitative estimate of drug-likeness (QED) is 0.156. The van der Waals surface area contributed by atoms with Crippen LogP contribution in [0.1, 0.15) is 47.8 Å². The number of sulfonamides is 1. The lowest BCUT2D eigenvalue weighted by atomic mass is 9.91. The SMILES string of the molecule is C=C(C)C(=O)OC1CCN(S(=O)(=O)c2ccccc2C2=c3cc/c(=C\c4ccccn4)cc3Oc3cc(Cc4ccccn4)ccc32)CC1. The minimum absolute atomic E-state index is 0.211. The van der Waals surface area contributed by atoms with Crippen LogP contribution in [0.3, 0.4) is 0 Å². The summed E-state index contributed by atoms with van der Waals surface area (Å²) in [7, 11) is -3.92. The summed E-state index contributed by atoms with van der Waals surface area (Å²) in [6, 6.07) is 30.7. The molecule has 49 heavy (non-hydrogen) atoms. The largest absolute Gasteiger partial charge is 0.459 e. The molecule has 0 amide bonds. The molecule has 9 heteroatoms. The number of carbonyl (C=O) groups excluding carboxylic acids is 1. The van der Waals surface area contributed by atoms with Gasteiger partial charge in [0.1, 0.15) is 17.6 Å². The van der Waals surface area contributed by atoms with Crippen molar-refractivity contribution in [2.75, 3.05) is 13.1 Å². The van der Waals surface area contributed by atoms with Crippen LogP contribution in [0.25, 0.3) is 11.6 Å². The number of rotatable bonds is 8. The Labute approximate surface area is 285 Å². The van der Waals surface area contributed by atoms with Gasteiger partial charge in [-0.3, -0.25) is 9.97 Å². The van der Waals surface area contributed by atoms with Crippen LogP contribution in [0.5, 0.6) is 11.5 Å². The predicted octanol–water partition coefficient (Wildman–Crippen LogP) is 5.52. The van der Waals surface area contributed by atoms with Gasteiger partial charge in [-0.1, -0.05) is 55.1 Å². The molecule has 0 aliphatic carbocycles. The van der Waals surface area contributed by atoms with E-state index in [0.29, 0.717) is 41.9 Å². The molecule has 3 aromatic carbocycles. The normalized spacial score (nSPS) is 15.2. The molecule has 1 saturated heterocycles. The summed E-state index contributed by atoms with van der Waals surface area (Å²) in [6.07, 6.45) is 6.59. The number of carbonyl (C=O) groups is 1. The highest BCUT2D eigenvalue weighted by molar-refractivity contribution is 7.89. The number of benzene rings is 3. The van der Waals surface area contributed by atoms with Crippen LogP contribution >= 0.6 is 0 Å². The first kappa shape index (κ1) is 32.2. The van der Waals surface area contributed by atoms with E-state index in [-0.39, 0.29) is 24.1 Å². The molecule has 2 aliphatic heterocycles. The van der Waals surface area contributed by atoms with Crippen LogP contribution in [0.4, 0.5) is 0 Å². The molecule has 246 valence electrons. The molecule has 0 radical (unpaired) electrons. The van der Waals surface area contributed by atoms with Crippen LogP contribution in [-0.2, 0) is 26.0 Å². The van der Waals surface area contributed by atoms with Gasteiger partial charge in [0.05, 0.1) is 10.6 Å². The first-order valence-electron chi connectivity index (χ1n) is 16.2. The van der Waals surface area contributed by atoms with Gasteiger partial charge in [0.25, 0.3) is 0 Å². The van der Waals surface area contributed by atoms with Crippen molar-refractivity contribution < 1.29 is 22.7 Å². The number of hydrogen-bond donors (Lipinski definition) is 0. The van der Waals surface area contributed by atoms with Gasteiger partial charge in [-0.2, -0.15) is 4.31 Å². The lowest BCUT2D eigenvalue weighted by molar-refractivity contribution is -0.145. The Balaban J connectivity index is 1.32. The molecule has 7 rings (SSSR count). The summed E-state index contributed by atoms with van der Waals surface area (Å²) in [4.78, 5) is 21.2. The van der Waals surface area contributed by atoms with E-state index < -0.39 is 16.0 Å². The van der Waals surface area contributed by atoms with Crippen molar-refractivity contribution in [1.29, 1.82) is 0 Å². The molecule has 0 atom stereocenters. The zero-order chi connectivity index (χ0) is 34.0. The molecule has 0 unspecified atom stereocenters. The first-order valence-corrected chi connectivity index (χ1v) is 17.6. The summed E-state index contributed by atoms with van der Waals surface area (Å²) in [5.41, 5.74) is 5.25. The van der Waals surface area contributed by atoms with Gasteiger partial charge in [-0.15, -0.1) is 0 Å². The molecular weight excluding hydrogens is 635 g/mol. The lowest BCUT2D eigenvalue weighted by Crippen LogP contribution is -2.41. The fourth-order valence-corrected chi connectivity index (χ4v) is 7.93. The Morgan fingerprint density at radius 3 is 2.39 bits per heavy atom. The zero-order valence-corrected chi connectivity index (χ0v) is 27.9. The molecule has 0 spiro atoms. The van der Waals surface area contributed by atoms with E-state index >= 15 is 0 Å². The monoisotopic (exact) mass is 669 g/mol. The molecule has 2 aliphatic rings. The maximum atomic E-state index is 14.4. The number of hydrogen-bond acceptors (Lipinski definition) is 7. The third kappa shape index (κ3) is 6.81. The van der Waals surface area contributed by atoms with Gasteiger partial charge in [0.2, 0.25) is 10.0 Å². The Kier molecular flexibility index (Phi) is 8.95. The number of esters is 1. The Hall–Kier alpha value is -5.38. The molecular formula is C40H35N3O5S. The first-order chi connectivity index (χ1) is 23.8. The highest BCUT2D eigenvalue weighted by Crippen LogP contribution is 2.39. The zero-order valence-electron chi connectivity index (χ0n) is 27.1. The Morgan fingerprint density at radius 2 is 1.65 bits per heavy atom. The van der Waals surface area contributed by atoms with Crippen LogP contribution in [0.15, 0.2) is 127 Å². The van der Waals surface area contributed by atoms with Crippen molar-refractivity contribution in [3.63, 3.8) is 0 Å². The maximum Gasteiger partial charge on any atom is 0.333 e. The van der Waals surface area contributed by atoms with Crippen LogP contribution < -0.4 is 15.2 Å².